The van der Waals surface area contributed by atoms with E-state index < -0.39 is 40.1 Å². The largest absolute Gasteiger partial charge is 0.471 e. The Morgan fingerprint density at radius 3 is 2.18 bits per heavy atom. The molecule has 0 aliphatic rings. The minimum atomic E-state index is -0.975. The van der Waals surface area contributed by atoms with Crippen molar-refractivity contribution in [3.05, 3.63) is 46.6 Å². The van der Waals surface area contributed by atoms with E-state index in [4.69, 9.17) is 25.8 Å². The first-order valence-electron chi connectivity index (χ1n) is 8.50. The lowest BCUT2D eigenvalue weighted by Crippen LogP contribution is -2.24. The van der Waals surface area contributed by atoms with E-state index in [1.54, 1.807) is 20.8 Å². The summed E-state index contributed by atoms with van der Waals surface area (Å²) in [5.41, 5.74) is -1.87. The fraction of sp³-hybridized carbons (Fsp3) is 0.400. The van der Waals surface area contributed by atoms with Gasteiger partial charge in [0, 0.05) is 12.1 Å². The van der Waals surface area contributed by atoms with Gasteiger partial charge in [-0.25, -0.2) is 18.6 Å². The lowest BCUT2D eigenvalue weighted by atomic mass is 10.1. The first kappa shape index (κ1) is 21.9. The summed E-state index contributed by atoms with van der Waals surface area (Å²) < 4.78 is 44.6. The second-order valence-electron chi connectivity index (χ2n) is 8.04. The first-order chi connectivity index (χ1) is 12.7. The first-order valence-corrected chi connectivity index (χ1v) is 8.88. The lowest BCUT2D eigenvalue weighted by Gasteiger charge is -2.21. The number of hydrogen-bond donors (Lipinski definition) is 0. The van der Waals surface area contributed by atoms with Gasteiger partial charge in [0.25, 0.3) is 0 Å². The molecule has 0 N–H and O–H groups in total. The van der Waals surface area contributed by atoms with E-state index >= 15 is 0 Å². The molecule has 5 nitrogen and oxygen atoms in total. The SMILES string of the molecule is CC(C)(C)OC(=O)c1cc(F)c(Oc2cnc(OC(C)(C)C)c(Cl)c2)cc1F. The number of carbonyl (C=O) groups excluding carboxylic acids is 1. The van der Waals surface area contributed by atoms with Gasteiger partial charge in [-0.15, -0.1) is 0 Å². The van der Waals surface area contributed by atoms with Crippen LogP contribution in [0.5, 0.6) is 17.4 Å². The Labute approximate surface area is 167 Å². The highest BCUT2D eigenvalue weighted by Crippen LogP contribution is 2.32. The van der Waals surface area contributed by atoms with Crippen LogP contribution in [-0.2, 0) is 4.74 Å². The van der Waals surface area contributed by atoms with Gasteiger partial charge < -0.3 is 14.2 Å². The number of halogens is 3. The molecule has 0 bridgehead atoms. The van der Waals surface area contributed by atoms with Crippen molar-refractivity contribution >= 4 is 17.6 Å². The molecular formula is C20H22ClF2NO4. The van der Waals surface area contributed by atoms with Crippen molar-refractivity contribution in [3.8, 4) is 17.4 Å². The van der Waals surface area contributed by atoms with Crippen LogP contribution >= 0.6 is 11.6 Å². The smallest absolute Gasteiger partial charge is 0.341 e. The molecule has 1 aromatic carbocycles. The molecule has 2 aromatic rings. The monoisotopic (exact) mass is 413 g/mol. The Morgan fingerprint density at radius 2 is 1.64 bits per heavy atom. The van der Waals surface area contributed by atoms with E-state index in [0.717, 1.165) is 12.1 Å². The number of carbonyl (C=O) groups is 1. The van der Waals surface area contributed by atoms with Crippen molar-refractivity contribution < 1.29 is 27.8 Å². The summed E-state index contributed by atoms with van der Waals surface area (Å²) in [6.07, 6.45) is 1.27. The van der Waals surface area contributed by atoms with Gasteiger partial charge in [0.15, 0.2) is 11.6 Å². The summed E-state index contributed by atoms with van der Waals surface area (Å²) in [5, 5.41) is 0.152. The van der Waals surface area contributed by atoms with Crippen LogP contribution in [0.4, 0.5) is 8.78 Å². The molecule has 0 unspecified atom stereocenters. The summed E-state index contributed by atoms with van der Waals surface area (Å²) in [6.45, 7) is 10.4. The molecule has 152 valence electrons. The molecule has 8 heteroatoms. The number of ether oxygens (including phenoxy) is 3. The Bertz CT molecular complexity index is 889. The minimum absolute atomic E-state index is 0.0783. The third-order valence-corrected chi connectivity index (χ3v) is 3.32. The van der Waals surface area contributed by atoms with Crippen molar-refractivity contribution in [3.63, 3.8) is 0 Å². The van der Waals surface area contributed by atoms with E-state index in [-0.39, 0.29) is 16.7 Å². The molecule has 0 amide bonds. The van der Waals surface area contributed by atoms with E-state index in [1.165, 1.54) is 12.3 Å². The molecule has 0 saturated heterocycles. The van der Waals surface area contributed by atoms with Crippen LogP contribution in [0.15, 0.2) is 24.4 Å². The Balaban J connectivity index is 2.24. The predicted molar refractivity (Wildman–Crippen MR) is 101 cm³/mol. The van der Waals surface area contributed by atoms with Gasteiger partial charge >= 0.3 is 5.97 Å². The highest BCUT2D eigenvalue weighted by Gasteiger charge is 2.23. The zero-order valence-corrected chi connectivity index (χ0v) is 17.3. The van der Waals surface area contributed by atoms with Crippen LogP contribution in [0.1, 0.15) is 51.9 Å². The fourth-order valence-electron chi connectivity index (χ4n) is 2.05. The Morgan fingerprint density at radius 1 is 1.00 bits per heavy atom. The van der Waals surface area contributed by atoms with Crippen molar-refractivity contribution in [1.82, 2.24) is 4.98 Å². The van der Waals surface area contributed by atoms with Gasteiger partial charge in [0.05, 0.1) is 11.8 Å². The number of aromatic nitrogens is 1. The maximum Gasteiger partial charge on any atom is 0.341 e. The number of hydrogen-bond acceptors (Lipinski definition) is 5. The van der Waals surface area contributed by atoms with Crippen molar-refractivity contribution in [1.29, 1.82) is 0 Å². The number of nitrogens with zero attached hydrogens (tertiary/aromatic N) is 1. The molecule has 28 heavy (non-hydrogen) atoms. The van der Waals surface area contributed by atoms with Crippen LogP contribution in [0, 0.1) is 11.6 Å². The second-order valence-corrected chi connectivity index (χ2v) is 8.45. The quantitative estimate of drug-likeness (QED) is 0.580. The molecule has 0 saturated carbocycles. The van der Waals surface area contributed by atoms with Crippen LogP contribution in [0.25, 0.3) is 0 Å². The molecule has 0 aliphatic carbocycles. The van der Waals surface area contributed by atoms with Gasteiger partial charge in [0.2, 0.25) is 5.88 Å². The number of pyridine rings is 1. The highest BCUT2D eigenvalue weighted by atomic mass is 35.5. The van der Waals surface area contributed by atoms with Crippen LogP contribution < -0.4 is 9.47 Å². The van der Waals surface area contributed by atoms with Crippen LogP contribution in [0.2, 0.25) is 5.02 Å². The van der Waals surface area contributed by atoms with Gasteiger partial charge in [-0.1, -0.05) is 11.6 Å². The Hall–Kier alpha value is -2.41. The summed E-state index contributed by atoms with van der Waals surface area (Å²) in [5.74, 6) is -3.04. The average Bonchev–Trinajstić information content (AvgIpc) is 2.50. The maximum absolute atomic E-state index is 14.3. The van der Waals surface area contributed by atoms with Crippen molar-refractivity contribution in [2.24, 2.45) is 0 Å². The lowest BCUT2D eigenvalue weighted by molar-refractivity contribution is 0.00640. The van der Waals surface area contributed by atoms with E-state index in [9.17, 15) is 13.6 Å². The van der Waals surface area contributed by atoms with Crippen LogP contribution in [-0.4, -0.2) is 22.2 Å². The molecular weight excluding hydrogens is 392 g/mol. The van der Waals surface area contributed by atoms with E-state index in [0.29, 0.717) is 0 Å². The Kier molecular flexibility index (Phi) is 6.18. The second kappa shape index (κ2) is 7.91. The van der Waals surface area contributed by atoms with Gasteiger partial charge in [0.1, 0.15) is 27.8 Å². The number of esters is 1. The minimum Gasteiger partial charge on any atom is -0.471 e. The van der Waals surface area contributed by atoms with Crippen LogP contribution in [0.3, 0.4) is 0 Å². The third kappa shape index (κ3) is 6.05. The molecule has 0 aliphatic heterocycles. The molecule has 0 fully saturated rings. The zero-order valence-electron chi connectivity index (χ0n) is 16.5. The summed E-state index contributed by atoms with van der Waals surface area (Å²) in [7, 11) is 0. The summed E-state index contributed by atoms with van der Waals surface area (Å²) in [4.78, 5) is 16.0. The molecule has 0 atom stereocenters. The topological polar surface area (TPSA) is 57.7 Å². The molecule has 1 heterocycles. The average molecular weight is 414 g/mol. The number of benzene rings is 1. The van der Waals surface area contributed by atoms with Crippen molar-refractivity contribution in [2.45, 2.75) is 52.7 Å². The summed E-state index contributed by atoms with van der Waals surface area (Å²) in [6, 6.07) is 2.86. The van der Waals surface area contributed by atoms with E-state index in [2.05, 4.69) is 4.98 Å². The number of rotatable bonds is 4. The third-order valence-electron chi connectivity index (χ3n) is 3.05. The molecule has 2 rings (SSSR count). The van der Waals surface area contributed by atoms with Gasteiger partial charge in [-0.3, -0.25) is 0 Å². The molecule has 0 radical (unpaired) electrons. The highest BCUT2D eigenvalue weighted by molar-refractivity contribution is 6.31. The fourth-order valence-corrected chi connectivity index (χ4v) is 2.25. The van der Waals surface area contributed by atoms with Gasteiger partial charge in [-0.2, -0.15) is 0 Å². The normalized spacial score (nSPS) is 11.9. The van der Waals surface area contributed by atoms with E-state index in [1.807, 2.05) is 20.8 Å². The maximum atomic E-state index is 14.3. The zero-order chi connectivity index (χ0) is 21.3. The predicted octanol–water partition coefficient (Wildman–Crippen LogP) is 5.94. The molecule has 0 spiro atoms. The molecule has 1 aromatic heterocycles. The summed E-state index contributed by atoms with van der Waals surface area (Å²) >= 11 is 6.10. The van der Waals surface area contributed by atoms with Crippen molar-refractivity contribution in [2.75, 3.05) is 0 Å². The standard InChI is InChI=1S/C20H22ClF2NO4/c1-19(2,3)27-17-13(21)7-11(10-24-17)26-16-9-14(22)12(8-15(16)23)18(25)28-20(4,5)6/h7-10H,1-6H3. The van der Waals surface area contributed by atoms with Gasteiger partial charge in [-0.05, 0) is 47.6 Å².